The Morgan fingerprint density at radius 3 is 2.47 bits per heavy atom. The minimum absolute atomic E-state index is 0.130. The smallest absolute Gasteiger partial charge is 0.261 e. The zero-order valence-corrected chi connectivity index (χ0v) is 21.7. The van der Waals surface area contributed by atoms with Gasteiger partial charge in [-0.15, -0.1) is 0 Å². The quantitative estimate of drug-likeness (QED) is 0.449. The number of rotatable bonds is 8. The summed E-state index contributed by atoms with van der Waals surface area (Å²) >= 11 is 0. The van der Waals surface area contributed by atoms with E-state index in [9.17, 15) is 9.59 Å². The van der Waals surface area contributed by atoms with E-state index in [4.69, 9.17) is 4.74 Å². The molecular weight excluding hydrogens is 448 g/mol. The summed E-state index contributed by atoms with van der Waals surface area (Å²) in [6.45, 7) is 9.12. The highest BCUT2D eigenvalue weighted by atomic mass is 16.5. The predicted octanol–water partition coefficient (Wildman–Crippen LogP) is 5.66. The fourth-order valence-corrected chi connectivity index (χ4v) is 4.86. The zero-order valence-electron chi connectivity index (χ0n) is 21.7. The van der Waals surface area contributed by atoms with E-state index in [1.54, 1.807) is 0 Å². The maximum absolute atomic E-state index is 12.9. The maximum atomic E-state index is 12.9. The minimum Gasteiger partial charge on any atom is -0.481 e. The van der Waals surface area contributed by atoms with Gasteiger partial charge in [-0.3, -0.25) is 9.59 Å². The number of nitrogens with one attached hydrogen (secondary N) is 1. The van der Waals surface area contributed by atoms with Gasteiger partial charge in [0.05, 0.1) is 6.04 Å². The summed E-state index contributed by atoms with van der Waals surface area (Å²) in [7, 11) is 0. The van der Waals surface area contributed by atoms with Crippen LogP contribution in [-0.2, 0) is 22.6 Å². The van der Waals surface area contributed by atoms with E-state index in [0.717, 1.165) is 28.7 Å². The third-order valence-corrected chi connectivity index (χ3v) is 6.85. The molecule has 1 aliphatic rings. The van der Waals surface area contributed by atoms with E-state index in [2.05, 4.69) is 48.6 Å². The number of benzene rings is 3. The summed E-state index contributed by atoms with van der Waals surface area (Å²) in [6, 6.07) is 22.4. The second kappa shape index (κ2) is 11.4. The van der Waals surface area contributed by atoms with Crippen LogP contribution >= 0.6 is 0 Å². The molecule has 1 aliphatic heterocycles. The van der Waals surface area contributed by atoms with Gasteiger partial charge in [0, 0.05) is 19.5 Å². The number of amides is 2. The molecule has 1 heterocycles. The Labute approximate surface area is 214 Å². The summed E-state index contributed by atoms with van der Waals surface area (Å²) in [6.07, 6.45) is 1.23. The molecule has 1 N–H and O–H groups in total. The Morgan fingerprint density at radius 1 is 1.00 bits per heavy atom. The molecule has 5 heteroatoms. The van der Waals surface area contributed by atoms with Crippen LogP contribution in [-0.4, -0.2) is 29.4 Å². The van der Waals surface area contributed by atoms with Crippen molar-refractivity contribution in [2.45, 2.75) is 65.6 Å². The molecule has 0 bridgehead atoms. The van der Waals surface area contributed by atoms with Crippen molar-refractivity contribution in [3.8, 4) is 5.75 Å². The molecule has 0 aromatic heterocycles. The molecule has 3 aromatic carbocycles. The molecule has 188 valence electrons. The van der Waals surface area contributed by atoms with Gasteiger partial charge in [0.2, 0.25) is 5.91 Å². The highest BCUT2D eigenvalue weighted by Gasteiger charge is 2.32. The van der Waals surface area contributed by atoms with Crippen LogP contribution in [0.4, 0.5) is 0 Å². The van der Waals surface area contributed by atoms with Crippen molar-refractivity contribution in [1.82, 2.24) is 10.2 Å². The van der Waals surface area contributed by atoms with E-state index in [1.807, 2.05) is 56.0 Å². The number of fused-ring (bicyclic) bond motifs is 1. The van der Waals surface area contributed by atoms with Crippen LogP contribution in [0.1, 0.15) is 66.1 Å². The van der Waals surface area contributed by atoms with E-state index < -0.39 is 6.10 Å². The van der Waals surface area contributed by atoms with Crippen LogP contribution < -0.4 is 10.1 Å². The summed E-state index contributed by atoms with van der Waals surface area (Å²) in [5.41, 5.74) is 6.78. The Bertz CT molecular complexity index is 1220. The second-order valence-corrected chi connectivity index (χ2v) is 9.59. The first-order chi connectivity index (χ1) is 17.4. The molecule has 0 unspecified atom stereocenters. The van der Waals surface area contributed by atoms with E-state index in [1.165, 1.54) is 11.1 Å². The van der Waals surface area contributed by atoms with Crippen molar-refractivity contribution in [2.75, 3.05) is 6.54 Å². The largest absolute Gasteiger partial charge is 0.481 e. The van der Waals surface area contributed by atoms with Crippen molar-refractivity contribution in [2.24, 2.45) is 0 Å². The lowest BCUT2D eigenvalue weighted by Crippen LogP contribution is -2.40. The number of ether oxygens (including phenoxy) is 1. The summed E-state index contributed by atoms with van der Waals surface area (Å²) in [5, 5.41) is 3.01. The lowest BCUT2D eigenvalue weighted by molar-refractivity contribution is -0.133. The number of carbonyl (C=O) groups is 2. The molecule has 0 aliphatic carbocycles. The number of nitrogens with zero attached hydrogens (tertiary/aromatic N) is 1. The van der Waals surface area contributed by atoms with Crippen molar-refractivity contribution in [3.05, 3.63) is 100 Å². The Morgan fingerprint density at radius 2 is 1.78 bits per heavy atom. The minimum atomic E-state index is -0.595. The van der Waals surface area contributed by atoms with Gasteiger partial charge >= 0.3 is 0 Å². The molecule has 2 amide bonds. The highest BCUT2D eigenvalue weighted by molar-refractivity contribution is 5.81. The van der Waals surface area contributed by atoms with Gasteiger partial charge in [0.1, 0.15) is 5.75 Å². The summed E-state index contributed by atoms with van der Waals surface area (Å²) in [4.78, 5) is 27.8. The molecule has 3 aromatic rings. The first-order valence-electron chi connectivity index (χ1n) is 12.9. The van der Waals surface area contributed by atoms with Crippen LogP contribution in [0.25, 0.3) is 0 Å². The SMILES string of the molecule is CCC(=O)N1CCc2ccc(O[C@H](CC)C(=O)NCc3cccc(C)c3)cc2[C@@H]1c1ccc(C)cc1. The van der Waals surface area contributed by atoms with Crippen molar-refractivity contribution >= 4 is 11.8 Å². The number of aryl methyl sites for hydroxylation is 2. The maximum Gasteiger partial charge on any atom is 0.261 e. The molecule has 0 saturated heterocycles. The second-order valence-electron chi connectivity index (χ2n) is 9.59. The predicted molar refractivity (Wildman–Crippen MR) is 143 cm³/mol. The summed E-state index contributed by atoms with van der Waals surface area (Å²) in [5.74, 6) is 0.656. The third kappa shape index (κ3) is 5.78. The molecule has 0 fully saturated rings. The van der Waals surface area contributed by atoms with E-state index in [-0.39, 0.29) is 17.9 Å². The Hall–Kier alpha value is -3.60. The van der Waals surface area contributed by atoms with Gasteiger partial charge < -0.3 is 15.0 Å². The van der Waals surface area contributed by atoms with Gasteiger partial charge in [0.15, 0.2) is 6.10 Å². The lowest BCUT2D eigenvalue weighted by atomic mass is 9.87. The fourth-order valence-electron chi connectivity index (χ4n) is 4.86. The lowest BCUT2D eigenvalue weighted by Gasteiger charge is -2.38. The number of carbonyl (C=O) groups excluding carboxylic acids is 2. The van der Waals surface area contributed by atoms with E-state index >= 15 is 0 Å². The zero-order chi connectivity index (χ0) is 25.7. The average molecular weight is 485 g/mol. The average Bonchev–Trinajstić information content (AvgIpc) is 2.89. The molecule has 2 atom stereocenters. The molecule has 0 radical (unpaired) electrons. The molecule has 0 spiro atoms. The number of hydrogen-bond acceptors (Lipinski definition) is 3. The Kier molecular flexibility index (Phi) is 8.09. The topological polar surface area (TPSA) is 58.6 Å². The standard InChI is InChI=1S/C31H36N2O3/c1-5-28(31(35)32-20-23-9-7-8-22(4)18-23)36-26-15-14-24-16-17-33(29(34)6-2)30(27(24)19-26)25-12-10-21(3)11-13-25/h7-15,18-19,28,30H,5-6,16-17,20H2,1-4H3,(H,32,35)/t28-,30+/m1/s1. The molecule has 36 heavy (non-hydrogen) atoms. The van der Waals surface area contributed by atoms with Crippen LogP contribution in [0.15, 0.2) is 66.7 Å². The molecule has 0 saturated carbocycles. The normalized spacial score (nSPS) is 15.7. The van der Waals surface area contributed by atoms with Crippen molar-refractivity contribution < 1.29 is 14.3 Å². The third-order valence-electron chi connectivity index (χ3n) is 6.85. The van der Waals surface area contributed by atoms with E-state index in [0.29, 0.717) is 31.7 Å². The van der Waals surface area contributed by atoms with Crippen LogP contribution in [0.2, 0.25) is 0 Å². The Balaban J connectivity index is 1.56. The highest BCUT2D eigenvalue weighted by Crippen LogP contribution is 2.37. The van der Waals surface area contributed by atoms with Gasteiger partial charge in [-0.05, 0) is 61.1 Å². The summed E-state index contributed by atoms with van der Waals surface area (Å²) < 4.78 is 6.21. The van der Waals surface area contributed by atoms with Crippen molar-refractivity contribution in [3.63, 3.8) is 0 Å². The molecule has 4 rings (SSSR count). The first-order valence-corrected chi connectivity index (χ1v) is 12.9. The van der Waals surface area contributed by atoms with Gasteiger partial charge in [-0.2, -0.15) is 0 Å². The van der Waals surface area contributed by atoms with Gasteiger partial charge in [0.25, 0.3) is 5.91 Å². The van der Waals surface area contributed by atoms with Crippen molar-refractivity contribution in [1.29, 1.82) is 0 Å². The molecule has 5 nitrogen and oxygen atoms in total. The van der Waals surface area contributed by atoms with Gasteiger partial charge in [-0.25, -0.2) is 0 Å². The first kappa shape index (κ1) is 25.5. The number of hydrogen-bond donors (Lipinski definition) is 1. The van der Waals surface area contributed by atoms with Crippen LogP contribution in [0.5, 0.6) is 5.75 Å². The van der Waals surface area contributed by atoms with Gasteiger partial charge in [-0.1, -0.05) is 79.6 Å². The van der Waals surface area contributed by atoms with Crippen LogP contribution in [0.3, 0.4) is 0 Å². The fraction of sp³-hybridized carbons (Fsp3) is 0.355. The van der Waals surface area contributed by atoms with Crippen LogP contribution in [0, 0.1) is 13.8 Å². The monoisotopic (exact) mass is 484 g/mol. The molecular formula is C31H36N2O3.